The van der Waals surface area contributed by atoms with Gasteiger partial charge in [-0.1, -0.05) is 24.0 Å². The monoisotopic (exact) mass is 371 g/mol. The molecular weight excluding hydrogens is 355 g/mol. The van der Waals surface area contributed by atoms with Crippen molar-refractivity contribution in [3.63, 3.8) is 0 Å². The second-order valence-corrected chi connectivity index (χ2v) is 5.90. The van der Waals surface area contributed by atoms with Gasteiger partial charge in [0, 0.05) is 18.1 Å². The van der Waals surface area contributed by atoms with Crippen molar-refractivity contribution in [1.82, 2.24) is 5.32 Å². The molecule has 0 atom stereocenters. The van der Waals surface area contributed by atoms with Crippen molar-refractivity contribution in [2.75, 3.05) is 13.2 Å². The number of halogens is 3. The fourth-order valence-corrected chi connectivity index (χ4v) is 2.59. The molecule has 0 radical (unpaired) electrons. The third-order valence-electron chi connectivity index (χ3n) is 3.91. The van der Waals surface area contributed by atoms with Gasteiger partial charge in [-0.3, -0.25) is 4.79 Å². The van der Waals surface area contributed by atoms with Crippen molar-refractivity contribution < 1.29 is 22.7 Å². The van der Waals surface area contributed by atoms with Crippen LogP contribution in [0.4, 0.5) is 13.2 Å². The normalized spacial score (nSPS) is 12.9. The molecule has 2 aromatic carbocycles. The Morgan fingerprint density at radius 3 is 2.89 bits per heavy atom. The molecule has 138 valence electrons. The molecule has 0 fully saturated rings. The Bertz CT molecular complexity index is 936. The van der Waals surface area contributed by atoms with Crippen LogP contribution in [0.1, 0.15) is 22.3 Å². The van der Waals surface area contributed by atoms with E-state index in [1.54, 1.807) is 6.08 Å². The predicted molar refractivity (Wildman–Crippen MR) is 96.0 cm³/mol. The molecule has 1 amide bonds. The number of hydrogen-bond donors (Lipinski definition) is 1. The Kier molecular flexibility index (Phi) is 5.51. The molecule has 0 saturated heterocycles. The lowest BCUT2D eigenvalue weighted by atomic mass is 10.1. The summed E-state index contributed by atoms with van der Waals surface area (Å²) in [6.45, 7) is 0.713. The maximum absolute atomic E-state index is 12.6. The summed E-state index contributed by atoms with van der Waals surface area (Å²) in [5.41, 5.74) is 1.50. The second-order valence-electron chi connectivity index (χ2n) is 5.90. The molecule has 1 N–H and O–H groups in total. The van der Waals surface area contributed by atoms with Crippen molar-refractivity contribution in [2.24, 2.45) is 0 Å². The van der Waals surface area contributed by atoms with E-state index in [2.05, 4.69) is 17.2 Å². The lowest BCUT2D eigenvalue weighted by Crippen LogP contribution is -2.20. The first-order chi connectivity index (χ1) is 12.9. The van der Waals surface area contributed by atoms with Gasteiger partial charge in [0.25, 0.3) is 0 Å². The van der Waals surface area contributed by atoms with Crippen molar-refractivity contribution in [3.05, 3.63) is 70.8 Å². The molecule has 0 saturated carbocycles. The summed E-state index contributed by atoms with van der Waals surface area (Å²) in [4.78, 5) is 11.8. The fourth-order valence-electron chi connectivity index (χ4n) is 2.59. The molecule has 3 rings (SSSR count). The molecule has 1 aliphatic heterocycles. The Labute approximate surface area is 154 Å². The third kappa shape index (κ3) is 5.14. The molecule has 0 bridgehead atoms. The van der Waals surface area contributed by atoms with E-state index in [1.165, 1.54) is 18.2 Å². The minimum absolute atomic E-state index is 0.0391. The van der Waals surface area contributed by atoms with E-state index < -0.39 is 11.7 Å². The van der Waals surface area contributed by atoms with Gasteiger partial charge in [0.1, 0.15) is 5.75 Å². The lowest BCUT2D eigenvalue weighted by molar-refractivity contribution is -0.137. The van der Waals surface area contributed by atoms with E-state index in [-0.39, 0.29) is 18.0 Å². The summed E-state index contributed by atoms with van der Waals surface area (Å²) in [5.74, 6) is 5.80. The van der Waals surface area contributed by atoms with Crippen LogP contribution in [0, 0.1) is 11.8 Å². The molecular formula is C21H16F3NO2. The highest BCUT2D eigenvalue weighted by Crippen LogP contribution is 2.29. The molecule has 0 spiro atoms. The number of fused-ring (bicyclic) bond motifs is 1. The Balaban J connectivity index is 1.52. The first-order valence-electron chi connectivity index (χ1n) is 8.29. The molecule has 2 aromatic rings. The van der Waals surface area contributed by atoms with Crippen LogP contribution in [0.25, 0.3) is 6.08 Å². The summed E-state index contributed by atoms with van der Waals surface area (Å²) in [7, 11) is 0. The zero-order chi connectivity index (χ0) is 19.3. The Hall–Kier alpha value is -3.20. The highest BCUT2D eigenvalue weighted by atomic mass is 19.4. The number of ether oxygens (including phenoxy) is 1. The van der Waals surface area contributed by atoms with Crippen LogP contribution >= 0.6 is 0 Å². The van der Waals surface area contributed by atoms with Crippen LogP contribution in [-0.4, -0.2) is 19.1 Å². The Morgan fingerprint density at radius 2 is 2.07 bits per heavy atom. The SMILES string of the molecule is O=C(/C=C/c1ccc2c(c1)CCO2)NCC#Cc1cccc(C(F)(F)F)c1. The van der Waals surface area contributed by atoms with Gasteiger partial charge in [0.15, 0.2) is 0 Å². The van der Waals surface area contributed by atoms with E-state index in [1.807, 2.05) is 18.2 Å². The molecule has 1 heterocycles. The van der Waals surface area contributed by atoms with Gasteiger partial charge >= 0.3 is 6.18 Å². The van der Waals surface area contributed by atoms with E-state index in [9.17, 15) is 18.0 Å². The zero-order valence-corrected chi connectivity index (χ0v) is 14.3. The van der Waals surface area contributed by atoms with Gasteiger partial charge < -0.3 is 10.1 Å². The average molecular weight is 371 g/mol. The van der Waals surface area contributed by atoms with E-state index in [0.717, 1.165) is 35.4 Å². The van der Waals surface area contributed by atoms with Gasteiger partial charge in [0.05, 0.1) is 18.7 Å². The number of carbonyl (C=O) groups is 1. The van der Waals surface area contributed by atoms with E-state index >= 15 is 0 Å². The number of carbonyl (C=O) groups excluding carboxylic acids is 1. The van der Waals surface area contributed by atoms with Crippen LogP contribution in [0.2, 0.25) is 0 Å². The number of amides is 1. The summed E-state index contributed by atoms with van der Waals surface area (Å²) in [6.07, 6.45) is -0.466. The van der Waals surface area contributed by atoms with Gasteiger partial charge in [-0.25, -0.2) is 0 Å². The van der Waals surface area contributed by atoms with E-state index in [0.29, 0.717) is 6.61 Å². The summed E-state index contributed by atoms with van der Waals surface area (Å²) in [5, 5.41) is 2.57. The maximum Gasteiger partial charge on any atom is 0.416 e. The first kappa shape index (κ1) is 18.6. The molecule has 0 unspecified atom stereocenters. The number of alkyl halides is 3. The fraction of sp³-hybridized carbons (Fsp3) is 0.190. The molecule has 3 nitrogen and oxygen atoms in total. The molecule has 1 aliphatic rings. The standard InChI is InChI=1S/C21H16F3NO2/c22-21(23,24)18-5-1-3-15(14-18)4-2-11-25-20(26)9-7-16-6-8-19-17(13-16)10-12-27-19/h1,3,5-9,13-14H,10-12H2,(H,25,26)/b9-7+. The molecule has 0 aromatic heterocycles. The number of benzene rings is 2. The Morgan fingerprint density at radius 1 is 1.22 bits per heavy atom. The molecule has 27 heavy (non-hydrogen) atoms. The quantitative estimate of drug-likeness (QED) is 0.658. The van der Waals surface area contributed by atoms with Crippen molar-refractivity contribution in [3.8, 4) is 17.6 Å². The second kappa shape index (κ2) is 8.00. The molecule has 0 aliphatic carbocycles. The predicted octanol–water partition coefficient (Wildman–Crippen LogP) is 3.82. The number of rotatable bonds is 3. The van der Waals surface area contributed by atoms with Crippen LogP contribution in [0.15, 0.2) is 48.5 Å². The summed E-state index contributed by atoms with van der Waals surface area (Å²) >= 11 is 0. The topological polar surface area (TPSA) is 38.3 Å². The van der Waals surface area contributed by atoms with Crippen LogP contribution < -0.4 is 10.1 Å². The van der Waals surface area contributed by atoms with Gasteiger partial charge in [0.2, 0.25) is 5.91 Å². The number of hydrogen-bond acceptors (Lipinski definition) is 2. The smallest absolute Gasteiger partial charge is 0.416 e. The largest absolute Gasteiger partial charge is 0.493 e. The van der Waals surface area contributed by atoms with Crippen LogP contribution in [0.3, 0.4) is 0 Å². The van der Waals surface area contributed by atoms with Gasteiger partial charge in [-0.2, -0.15) is 13.2 Å². The van der Waals surface area contributed by atoms with Crippen LogP contribution in [-0.2, 0) is 17.4 Å². The minimum atomic E-state index is -4.40. The van der Waals surface area contributed by atoms with Crippen molar-refractivity contribution >= 4 is 12.0 Å². The minimum Gasteiger partial charge on any atom is -0.493 e. The van der Waals surface area contributed by atoms with Crippen molar-refractivity contribution in [2.45, 2.75) is 12.6 Å². The van der Waals surface area contributed by atoms with Crippen LogP contribution in [0.5, 0.6) is 5.75 Å². The lowest BCUT2D eigenvalue weighted by Gasteiger charge is -2.05. The summed E-state index contributed by atoms with van der Waals surface area (Å²) < 4.78 is 43.3. The first-order valence-corrected chi connectivity index (χ1v) is 8.29. The maximum atomic E-state index is 12.6. The van der Waals surface area contributed by atoms with E-state index in [4.69, 9.17) is 4.74 Å². The summed E-state index contributed by atoms with van der Waals surface area (Å²) in [6, 6.07) is 10.5. The van der Waals surface area contributed by atoms with Crippen molar-refractivity contribution in [1.29, 1.82) is 0 Å². The number of nitrogens with one attached hydrogen (secondary N) is 1. The van der Waals surface area contributed by atoms with Gasteiger partial charge in [-0.05, 0) is 47.5 Å². The third-order valence-corrected chi connectivity index (χ3v) is 3.91. The van der Waals surface area contributed by atoms with Gasteiger partial charge in [-0.15, -0.1) is 0 Å². The molecule has 6 heteroatoms. The average Bonchev–Trinajstić information content (AvgIpc) is 3.11. The highest BCUT2D eigenvalue weighted by Gasteiger charge is 2.30. The zero-order valence-electron chi connectivity index (χ0n) is 14.3. The highest BCUT2D eigenvalue weighted by molar-refractivity contribution is 5.91.